The average Bonchev–Trinajstić information content (AvgIpc) is 2.64. The molecule has 1 N–H and O–H groups in total. The van der Waals surface area contributed by atoms with Crippen LogP contribution in [0.3, 0.4) is 0 Å². The number of hydrogen-bond acceptors (Lipinski definition) is 4. The highest BCUT2D eigenvalue weighted by Crippen LogP contribution is 2.16. The SMILES string of the molecule is COCc1nn2cccnc2c1CCC(=O)O. The number of fused-ring (bicyclic) bond motifs is 1. The molecule has 2 rings (SSSR count). The lowest BCUT2D eigenvalue weighted by molar-refractivity contribution is -0.136. The summed E-state index contributed by atoms with van der Waals surface area (Å²) in [5.74, 6) is -0.830. The topological polar surface area (TPSA) is 76.7 Å². The van der Waals surface area contributed by atoms with Crippen molar-refractivity contribution in [1.82, 2.24) is 14.6 Å². The average molecular weight is 235 g/mol. The molecule has 0 amide bonds. The van der Waals surface area contributed by atoms with E-state index >= 15 is 0 Å². The first-order valence-electron chi connectivity index (χ1n) is 5.24. The van der Waals surface area contributed by atoms with Gasteiger partial charge in [0.15, 0.2) is 5.65 Å². The summed E-state index contributed by atoms with van der Waals surface area (Å²) in [5.41, 5.74) is 2.28. The predicted octanol–water partition coefficient (Wildman–Crippen LogP) is 0.893. The molecule has 0 aliphatic carbocycles. The molecule has 0 aromatic carbocycles. The van der Waals surface area contributed by atoms with Gasteiger partial charge in [0.25, 0.3) is 0 Å². The van der Waals surface area contributed by atoms with E-state index in [9.17, 15) is 4.79 Å². The lowest BCUT2D eigenvalue weighted by Crippen LogP contribution is -2.00. The third kappa shape index (κ3) is 2.42. The van der Waals surface area contributed by atoms with Crippen LogP contribution in [0.4, 0.5) is 0 Å². The molecule has 0 radical (unpaired) electrons. The van der Waals surface area contributed by atoms with Crippen molar-refractivity contribution in [3.8, 4) is 0 Å². The van der Waals surface area contributed by atoms with Crippen molar-refractivity contribution in [3.63, 3.8) is 0 Å². The minimum atomic E-state index is -0.830. The minimum absolute atomic E-state index is 0.0641. The Labute approximate surface area is 97.9 Å². The van der Waals surface area contributed by atoms with Crippen molar-refractivity contribution in [3.05, 3.63) is 29.7 Å². The lowest BCUT2D eigenvalue weighted by atomic mass is 10.1. The van der Waals surface area contributed by atoms with E-state index in [1.165, 1.54) is 0 Å². The van der Waals surface area contributed by atoms with Crippen LogP contribution in [0.1, 0.15) is 17.7 Å². The highest BCUT2D eigenvalue weighted by molar-refractivity contribution is 5.67. The number of hydrogen-bond donors (Lipinski definition) is 1. The normalized spacial score (nSPS) is 10.9. The molecular formula is C11H13N3O3. The minimum Gasteiger partial charge on any atom is -0.481 e. The van der Waals surface area contributed by atoms with E-state index in [0.29, 0.717) is 18.7 Å². The molecule has 0 fully saturated rings. The van der Waals surface area contributed by atoms with Crippen LogP contribution < -0.4 is 0 Å². The summed E-state index contributed by atoms with van der Waals surface area (Å²) in [5, 5.41) is 13.0. The molecule has 0 aliphatic heterocycles. The number of carboxylic acid groups (broad SMARTS) is 1. The number of aryl methyl sites for hydroxylation is 1. The van der Waals surface area contributed by atoms with Gasteiger partial charge >= 0.3 is 5.97 Å². The fourth-order valence-electron chi connectivity index (χ4n) is 1.72. The molecule has 2 aromatic rings. The Balaban J connectivity index is 2.40. The Hall–Kier alpha value is -1.95. The molecule has 90 valence electrons. The van der Waals surface area contributed by atoms with Crippen LogP contribution in [0.2, 0.25) is 0 Å². The van der Waals surface area contributed by atoms with E-state index < -0.39 is 5.97 Å². The molecule has 2 heterocycles. The van der Waals surface area contributed by atoms with Crippen LogP contribution in [-0.4, -0.2) is 32.8 Å². The van der Waals surface area contributed by atoms with Gasteiger partial charge in [-0.25, -0.2) is 9.50 Å². The summed E-state index contributed by atoms with van der Waals surface area (Å²) >= 11 is 0. The Kier molecular flexibility index (Phi) is 3.34. The van der Waals surface area contributed by atoms with Crippen LogP contribution in [0, 0.1) is 0 Å². The third-order valence-electron chi connectivity index (χ3n) is 2.44. The summed E-state index contributed by atoms with van der Waals surface area (Å²) in [6.45, 7) is 0.359. The quantitative estimate of drug-likeness (QED) is 0.832. The van der Waals surface area contributed by atoms with Gasteiger partial charge in [0.2, 0.25) is 0 Å². The molecule has 0 unspecified atom stereocenters. The van der Waals surface area contributed by atoms with Gasteiger partial charge in [-0.1, -0.05) is 0 Å². The van der Waals surface area contributed by atoms with Gasteiger partial charge in [0, 0.05) is 31.5 Å². The summed E-state index contributed by atoms with van der Waals surface area (Å²) in [7, 11) is 1.58. The molecule has 0 saturated heterocycles. The Morgan fingerprint density at radius 3 is 3.12 bits per heavy atom. The molecule has 0 atom stereocenters. The second kappa shape index (κ2) is 4.92. The van der Waals surface area contributed by atoms with Gasteiger partial charge in [0.05, 0.1) is 12.3 Å². The van der Waals surface area contributed by atoms with Crippen LogP contribution in [0.5, 0.6) is 0 Å². The molecule has 2 aromatic heterocycles. The smallest absolute Gasteiger partial charge is 0.303 e. The van der Waals surface area contributed by atoms with E-state index in [-0.39, 0.29) is 6.42 Å². The van der Waals surface area contributed by atoms with Crippen LogP contribution in [0.15, 0.2) is 18.5 Å². The van der Waals surface area contributed by atoms with Crippen LogP contribution in [0.25, 0.3) is 5.65 Å². The fourth-order valence-corrected chi connectivity index (χ4v) is 1.72. The Morgan fingerprint density at radius 2 is 2.41 bits per heavy atom. The summed E-state index contributed by atoms with van der Waals surface area (Å²) < 4.78 is 6.70. The van der Waals surface area contributed by atoms with Crippen molar-refractivity contribution >= 4 is 11.6 Å². The molecule has 0 saturated carbocycles. The Bertz CT molecular complexity index is 536. The molecule has 0 spiro atoms. The van der Waals surface area contributed by atoms with Gasteiger partial charge in [-0.3, -0.25) is 4.79 Å². The van der Waals surface area contributed by atoms with E-state index in [1.54, 1.807) is 30.1 Å². The van der Waals surface area contributed by atoms with E-state index in [0.717, 1.165) is 11.3 Å². The van der Waals surface area contributed by atoms with Crippen molar-refractivity contribution < 1.29 is 14.6 Å². The van der Waals surface area contributed by atoms with Gasteiger partial charge in [-0.15, -0.1) is 0 Å². The number of aromatic nitrogens is 3. The fraction of sp³-hybridized carbons (Fsp3) is 0.364. The number of aliphatic carboxylic acids is 1. The molecule has 17 heavy (non-hydrogen) atoms. The highest BCUT2D eigenvalue weighted by atomic mass is 16.5. The number of ether oxygens (including phenoxy) is 1. The predicted molar refractivity (Wildman–Crippen MR) is 59.7 cm³/mol. The number of carboxylic acids is 1. The summed E-state index contributed by atoms with van der Waals surface area (Å²) in [4.78, 5) is 14.8. The third-order valence-corrected chi connectivity index (χ3v) is 2.44. The molecule has 0 bridgehead atoms. The maximum atomic E-state index is 10.6. The van der Waals surface area contributed by atoms with E-state index in [2.05, 4.69) is 10.1 Å². The van der Waals surface area contributed by atoms with E-state index in [4.69, 9.17) is 9.84 Å². The number of methoxy groups -OCH3 is 1. The Morgan fingerprint density at radius 1 is 1.59 bits per heavy atom. The number of carbonyl (C=O) groups is 1. The second-order valence-electron chi connectivity index (χ2n) is 3.64. The first-order valence-corrected chi connectivity index (χ1v) is 5.24. The van der Waals surface area contributed by atoms with Crippen molar-refractivity contribution in [1.29, 1.82) is 0 Å². The van der Waals surface area contributed by atoms with Crippen LogP contribution in [-0.2, 0) is 22.6 Å². The summed E-state index contributed by atoms with van der Waals surface area (Å²) in [6.07, 6.45) is 3.92. The van der Waals surface area contributed by atoms with Gasteiger partial charge in [0.1, 0.15) is 0 Å². The van der Waals surface area contributed by atoms with Crippen molar-refractivity contribution in [2.24, 2.45) is 0 Å². The zero-order chi connectivity index (χ0) is 12.3. The molecule has 6 nitrogen and oxygen atoms in total. The van der Waals surface area contributed by atoms with Crippen molar-refractivity contribution in [2.45, 2.75) is 19.4 Å². The highest BCUT2D eigenvalue weighted by Gasteiger charge is 2.14. The van der Waals surface area contributed by atoms with E-state index in [1.807, 2.05) is 0 Å². The number of rotatable bonds is 5. The molecule has 0 aliphatic rings. The molecule has 6 heteroatoms. The standard InChI is InChI=1S/C11H13N3O3/c1-17-7-9-8(3-4-10(15)16)11-12-5-2-6-14(11)13-9/h2,5-6H,3-4,7H2,1H3,(H,15,16). The maximum absolute atomic E-state index is 10.6. The monoisotopic (exact) mass is 235 g/mol. The second-order valence-corrected chi connectivity index (χ2v) is 3.64. The maximum Gasteiger partial charge on any atom is 0.303 e. The van der Waals surface area contributed by atoms with Crippen molar-refractivity contribution in [2.75, 3.05) is 7.11 Å². The van der Waals surface area contributed by atoms with Crippen LogP contribution >= 0.6 is 0 Å². The first kappa shape index (κ1) is 11.5. The zero-order valence-electron chi connectivity index (χ0n) is 9.46. The van der Waals surface area contributed by atoms with Gasteiger partial charge in [-0.2, -0.15) is 5.10 Å². The largest absolute Gasteiger partial charge is 0.481 e. The van der Waals surface area contributed by atoms with Gasteiger partial charge in [-0.05, 0) is 12.5 Å². The summed E-state index contributed by atoms with van der Waals surface area (Å²) in [6, 6.07) is 1.78. The lowest BCUT2D eigenvalue weighted by Gasteiger charge is -1.99. The van der Waals surface area contributed by atoms with Gasteiger partial charge < -0.3 is 9.84 Å². The first-order chi connectivity index (χ1) is 8.22. The zero-order valence-corrected chi connectivity index (χ0v) is 9.46. The molecular weight excluding hydrogens is 222 g/mol. The number of nitrogens with zero attached hydrogens (tertiary/aromatic N) is 3.